The molecule has 1 aliphatic heterocycles. The quantitative estimate of drug-likeness (QED) is 0.602. The first-order chi connectivity index (χ1) is 12.9. The number of allylic oxidation sites excluding steroid dienone is 1. The van der Waals surface area contributed by atoms with Crippen LogP contribution in [0.25, 0.3) is 5.76 Å². The Bertz CT molecular complexity index is 864. The molecule has 0 spiro atoms. The van der Waals surface area contributed by atoms with Crippen LogP contribution in [0.2, 0.25) is 0 Å². The van der Waals surface area contributed by atoms with E-state index >= 15 is 0 Å². The maximum absolute atomic E-state index is 13.4. The first kappa shape index (κ1) is 18.0. The van der Waals surface area contributed by atoms with Crippen LogP contribution in [0.3, 0.4) is 0 Å². The van der Waals surface area contributed by atoms with Crippen molar-refractivity contribution in [3.63, 3.8) is 0 Å². The van der Waals surface area contributed by atoms with Crippen molar-refractivity contribution in [3.05, 3.63) is 77.4 Å². The van der Waals surface area contributed by atoms with E-state index in [1.54, 1.807) is 0 Å². The molecule has 2 atom stereocenters. The largest absolute Gasteiger partial charge is 0.486 e. The summed E-state index contributed by atoms with van der Waals surface area (Å²) in [6.45, 7) is 6.90. The van der Waals surface area contributed by atoms with Crippen molar-refractivity contribution in [1.82, 2.24) is 0 Å². The van der Waals surface area contributed by atoms with Gasteiger partial charge in [0.1, 0.15) is 11.4 Å². The molecule has 27 heavy (non-hydrogen) atoms. The summed E-state index contributed by atoms with van der Waals surface area (Å²) in [6.07, 6.45) is 4.18. The van der Waals surface area contributed by atoms with E-state index in [2.05, 4.69) is 20.8 Å². The van der Waals surface area contributed by atoms with Gasteiger partial charge in [-0.15, -0.1) is 0 Å². The Balaban J connectivity index is 1.85. The smallest absolute Gasteiger partial charge is 0.192 e. The van der Waals surface area contributed by atoms with Crippen molar-refractivity contribution < 1.29 is 9.53 Å². The number of carbonyl (C=O) groups is 1. The summed E-state index contributed by atoms with van der Waals surface area (Å²) in [5, 5.41) is 0. The monoisotopic (exact) mass is 360 g/mol. The number of ether oxygens (including phenoxy) is 1. The van der Waals surface area contributed by atoms with E-state index in [9.17, 15) is 4.79 Å². The van der Waals surface area contributed by atoms with Gasteiger partial charge in [-0.3, -0.25) is 4.79 Å². The Morgan fingerprint density at radius 2 is 1.56 bits per heavy atom. The highest BCUT2D eigenvalue weighted by atomic mass is 16.5. The van der Waals surface area contributed by atoms with Crippen LogP contribution in [0, 0.1) is 11.3 Å². The van der Waals surface area contributed by atoms with E-state index < -0.39 is 0 Å². The fraction of sp³-hybridized carbons (Fsp3) is 0.400. The Morgan fingerprint density at radius 3 is 2.22 bits per heavy atom. The van der Waals surface area contributed by atoms with Gasteiger partial charge in [0, 0.05) is 22.6 Å². The molecule has 0 amide bonds. The predicted molar refractivity (Wildman–Crippen MR) is 109 cm³/mol. The van der Waals surface area contributed by atoms with Crippen LogP contribution in [-0.4, -0.2) is 11.4 Å². The molecule has 0 unspecified atom stereocenters. The van der Waals surface area contributed by atoms with Crippen molar-refractivity contribution in [2.75, 3.05) is 0 Å². The molecule has 140 valence electrons. The molecule has 1 saturated carbocycles. The third-order valence-electron chi connectivity index (χ3n) is 6.54. The van der Waals surface area contributed by atoms with E-state index in [0.29, 0.717) is 5.92 Å². The maximum atomic E-state index is 13.4. The first-order valence-corrected chi connectivity index (χ1v) is 9.98. The van der Waals surface area contributed by atoms with E-state index in [-0.39, 0.29) is 16.8 Å². The van der Waals surface area contributed by atoms with Crippen LogP contribution in [0.1, 0.15) is 62.4 Å². The molecule has 2 aromatic rings. The van der Waals surface area contributed by atoms with Gasteiger partial charge in [0.2, 0.25) is 0 Å². The molecule has 2 heteroatoms. The number of Topliss-reactive ketones (excluding diaryl/α,β-unsaturated/α-hetero) is 1. The lowest BCUT2D eigenvalue weighted by molar-refractivity contribution is -0.0960. The van der Waals surface area contributed by atoms with Crippen LogP contribution < -0.4 is 0 Å². The Kier molecular flexibility index (Phi) is 4.46. The van der Waals surface area contributed by atoms with E-state index in [0.717, 1.165) is 35.3 Å². The van der Waals surface area contributed by atoms with Crippen molar-refractivity contribution in [2.45, 2.75) is 52.1 Å². The fourth-order valence-electron chi connectivity index (χ4n) is 5.06. The molecule has 0 radical (unpaired) electrons. The number of hydrogen-bond acceptors (Lipinski definition) is 2. The normalized spacial score (nSPS) is 26.9. The van der Waals surface area contributed by atoms with Gasteiger partial charge >= 0.3 is 0 Å². The van der Waals surface area contributed by atoms with Crippen molar-refractivity contribution in [1.29, 1.82) is 0 Å². The molecular formula is C25H28O2. The Morgan fingerprint density at radius 1 is 0.926 bits per heavy atom. The lowest BCUT2D eigenvalue weighted by atomic mass is 9.58. The zero-order valence-electron chi connectivity index (χ0n) is 16.5. The number of benzene rings is 2. The lowest BCUT2D eigenvalue weighted by Gasteiger charge is -2.53. The molecule has 4 rings (SSSR count). The zero-order valence-corrected chi connectivity index (χ0v) is 16.5. The molecule has 0 bridgehead atoms. The summed E-state index contributed by atoms with van der Waals surface area (Å²) in [6, 6.07) is 19.7. The van der Waals surface area contributed by atoms with Crippen molar-refractivity contribution >= 4 is 11.5 Å². The van der Waals surface area contributed by atoms with Gasteiger partial charge in [-0.05, 0) is 38.0 Å². The SMILES string of the molecule is CC1(C)CCC[C@@]2(C)OC(c3ccccc3)=C(C(=O)c3ccccc3)C[C@H]12. The van der Waals surface area contributed by atoms with Gasteiger partial charge < -0.3 is 4.74 Å². The van der Waals surface area contributed by atoms with Crippen LogP contribution in [0.5, 0.6) is 0 Å². The summed E-state index contributed by atoms with van der Waals surface area (Å²) in [7, 11) is 0. The van der Waals surface area contributed by atoms with Crippen molar-refractivity contribution in [3.8, 4) is 0 Å². The standard InChI is InChI=1S/C25H28O2/c1-24(2)15-10-16-25(3)21(24)17-20(22(26)18-11-6-4-7-12-18)23(27-25)19-13-8-5-9-14-19/h4-9,11-14,21H,10,15-17H2,1-3H3/t21-,25-/m1/s1. The lowest BCUT2D eigenvalue weighted by Crippen LogP contribution is -2.51. The maximum Gasteiger partial charge on any atom is 0.192 e. The topological polar surface area (TPSA) is 26.3 Å². The van der Waals surface area contributed by atoms with Crippen LogP contribution in [0.15, 0.2) is 66.2 Å². The van der Waals surface area contributed by atoms with Gasteiger partial charge in [-0.2, -0.15) is 0 Å². The highest BCUT2D eigenvalue weighted by Crippen LogP contribution is 2.55. The highest BCUT2D eigenvalue weighted by Gasteiger charge is 2.52. The molecule has 1 aliphatic carbocycles. The van der Waals surface area contributed by atoms with Gasteiger partial charge in [0.05, 0.1) is 0 Å². The minimum atomic E-state index is -0.215. The van der Waals surface area contributed by atoms with E-state index in [1.165, 1.54) is 12.8 Å². The summed E-state index contributed by atoms with van der Waals surface area (Å²) in [4.78, 5) is 13.4. The Labute approximate surface area is 162 Å². The summed E-state index contributed by atoms with van der Waals surface area (Å²) >= 11 is 0. The van der Waals surface area contributed by atoms with Gasteiger partial charge in [0.15, 0.2) is 5.78 Å². The van der Waals surface area contributed by atoms with Crippen LogP contribution in [0.4, 0.5) is 0 Å². The average Bonchev–Trinajstić information content (AvgIpc) is 2.67. The molecular weight excluding hydrogens is 332 g/mol. The van der Waals surface area contributed by atoms with Gasteiger partial charge in [0.25, 0.3) is 0 Å². The third kappa shape index (κ3) is 3.22. The third-order valence-corrected chi connectivity index (χ3v) is 6.54. The number of hydrogen-bond donors (Lipinski definition) is 0. The molecule has 2 nitrogen and oxygen atoms in total. The molecule has 1 heterocycles. The molecule has 0 saturated heterocycles. The summed E-state index contributed by atoms with van der Waals surface area (Å²) in [5.41, 5.74) is 2.51. The molecule has 0 N–H and O–H groups in total. The molecule has 2 aliphatic rings. The highest BCUT2D eigenvalue weighted by molar-refractivity contribution is 6.12. The second-order valence-corrected chi connectivity index (χ2v) is 8.88. The van der Waals surface area contributed by atoms with E-state index in [1.807, 2.05) is 60.7 Å². The number of rotatable bonds is 3. The minimum Gasteiger partial charge on any atom is -0.486 e. The zero-order chi connectivity index (χ0) is 19.1. The first-order valence-electron chi connectivity index (χ1n) is 9.98. The van der Waals surface area contributed by atoms with Crippen molar-refractivity contribution in [2.24, 2.45) is 11.3 Å². The second-order valence-electron chi connectivity index (χ2n) is 8.88. The molecule has 2 aromatic carbocycles. The Hall–Kier alpha value is -2.35. The minimum absolute atomic E-state index is 0.0953. The second kappa shape index (κ2) is 6.67. The number of carbonyl (C=O) groups excluding carboxylic acids is 1. The van der Waals surface area contributed by atoms with E-state index in [4.69, 9.17) is 4.74 Å². The number of ketones is 1. The van der Waals surface area contributed by atoms with Crippen LogP contribution in [-0.2, 0) is 4.74 Å². The summed E-state index contributed by atoms with van der Waals surface area (Å²) < 4.78 is 6.71. The van der Waals surface area contributed by atoms with Gasteiger partial charge in [-0.1, -0.05) is 74.5 Å². The fourth-order valence-corrected chi connectivity index (χ4v) is 5.06. The number of fused-ring (bicyclic) bond motifs is 1. The average molecular weight is 360 g/mol. The molecule has 1 fully saturated rings. The van der Waals surface area contributed by atoms with Crippen LogP contribution >= 0.6 is 0 Å². The van der Waals surface area contributed by atoms with Gasteiger partial charge in [-0.25, -0.2) is 0 Å². The predicted octanol–water partition coefficient (Wildman–Crippen LogP) is 6.29. The summed E-state index contributed by atoms with van der Waals surface area (Å²) in [5.74, 6) is 1.22. The molecule has 0 aromatic heterocycles.